The van der Waals surface area contributed by atoms with Crippen molar-refractivity contribution in [3.05, 3.63) is 59.5 Å². The molecule has 1 saturated heterocycles. The van der Waals surface area contributed by atoms with Gasteiger partial charge in [-0.15, -0.1) is 11.8 Å². The number of halogens is 3. The second-order valence-electron chi connectivity index (χ2n) is 10.2. The maximum atomic E-state index is 13.9. The average Bonchev–Trinajstić information content (AvgIpc) is 2.91. The third-order valence-electron chi connectivity index (χ3n) is 7.62. The number of carbonyl (C=O) groups is 1. The molecule has 0 bridgehead atoms. The van der Waals surface area contributed by atoms with E-state index in [2.05, 4.69) is 9.88 Å². The standard InChI is InChI=1S/C29H34F3N3O3S/c1-34(2)25-18-33-24-7-6-20(38-3)17-22(24)21(25)5-4-8-29(28(36)37)9-11-35(12-10-29)13-14-39-26-16-19(30)15-23(31)27(26)32/h6-7,15-18H,4-5,8-14H2,1-3H3,(H,36,37). The van der Waals surface area contributed by atoms with Crippen LogP contribution in [0.15, 0.2) is 41.4 Å². The van der Waals surface area contributed by atoms with Gasteiger partial charge in [-0.25, -0.2) is 13.2 Å². The highest BCUT2D eigenvalue weighted by Crippen LogP contribution is 2.39. The van der Waals surface area contributed by atoms with Gasteiger partial charge in [0.2, 0.25) is 0 Å². The number of hydrogen-bond acceptors (Lipinski definition) is 6. The molecule has 1 N–H and O–H groups in total. The summed E-state index contributed by atoms with van der Waals surface area (Å²) in [5.41, 5.74) is 2.19. The molecule has 0 amide bonds. The molecular weight excluding hydrogens is 527 g/mol. The molecule has 0 radical (unpaired) electrons. The van der Waals surface area contributed by atoms with Gasteiger partial charge in [-0.3, -0.25) is 9.78 Å². The Hall–Kier alpha value is -2.98. The number of carboxylic acids is 1. The van der Waals surface area contributed by atoms with Gasteiger partial charge in [0.25, 0.3) is 0 Å². The first-order chi connectivity index (χ1) is 18.6. The fourth-order valence-corrected chi connectivity index (χ4v) is 6.28. The van der Waals surface area contributed by atoms with Crippen LogP contribution < -0.4 is 9.64 Å². The Morgan fingerprint density at radius 1 is 1.18 bits per heavy atom. The van der Waals surface area contributed by atoms with Gasteiger partial charge in [0, 0.05) is 42.7 Å². The van der Waals surface area contributed by atoms with Crippen LogP contribution in [0.4, 0.5) is 18.9 Å². The minimum atomic E-state index is -1.20. The van der Waals surface area contributed by atoms with Gasteiger partial charge in [-0.2, -0.15) is 0 Å². The zero-order valence-electron chi connectivity index (χ0n) is 22.5. The first kappa shape index (κ1) is 29.0. The number of thioether (sulfide) groups is 1. The Morgan fingerprint density at radius 3 is 2.59 bits per heavy atom. The molecule has 4 rings (SSSR count). The Morgan fingerprint density at radius 2 is 1.92 bits per heavy atom. The van der Waals surface area contributed by atoms with E-state index in [4.69, 9.17) is 4.74 Å². The minimum absolute atomic E-state index is 0.0530. The van der Waals surface area contributed by atoms with Crippen molar-refractivity contribution in [1.82, 2.24) is 9.88 Å². The highest BCUT2D eigenvalue weighted by Gasteiger charge is 2.40. The van der Waals surface area contributed by atoms with Crippen LogP contribution in [0.3, 0.4) is 0 Å². The number of aromatic nitrogens is 1. The van der Waals surface area contributed by atoms with Crippen LogP contribution in [-0.2, 0) is 11.2 Å². The largest absolute Gasteiger partial charge is 0.497 e. The first-order valence-electron chi connectivity index (χ1n) is 13.0. The zero-order valence-corrected chi connectivity index (χ0v) is 23.3. The number of benzene rings is 2. The maximum Gasteiger partial charge on any atom is 0.309 e. The fraction of sp³-hybridized carbons (Fsp3) is 0.448. The molecule has 1 aliphatic rings. The van der Waals surface area contributed by atoms with Crippen LogP contribution in [0.25, 0.3) is 10.9 Å². The number of rotatable bonds is 11. The van der Waals surface area contributed by atoms with E-state index < -0.39 is 28.8 Å². The summed E-state index contributed by atoms with van der Waals surface area (Å²) in [6.07, 6.45) is 4.87. The molecular formula is C29H34F3N3O3S. The Balaban J connectivity index is 1.37. The lowest BCUT2D eigenvalue weighted by Gasteiger charge is -2.39. The van der Waals surface area contributed by atoms with Crippen LogP contribution in [0, 0.1) is 22.9 Å². The number of anilines is 1. The lowest BCUT2D eigenvalue weighted by Crippen LogP contribution is -2.45. The van der Waals surface area contributed by atoms with Crippen molar-refractivity contribution in [2.75, 3.05) is 51.5 Å². The second kappa shape index (κ2) is 12.5. The number of aliphatic carboxylic acids is 1. The molecule has 3 aromatic rings. The molecule has 210 valence electrons. The number of likely N-dealkylation sites (tertiary alicyclic amines) is 1. The van der Waals surface area contributed by atoms with Gasteiger partial charge in [-0.05, 0) is 75.0 Å². The van der Waals surface area contributed by atoms with Crippen molar-refractivity contribution in [2.24, 2.45) is 5.41 Å². The number of piperidine rings is 1. The van der Waals surface area contributed by atoms with Crippen LogP contribution >= 0.6 is 11.8 Å². The molecule has 0 atom stereocenters. The van der Waals surface area contributed by atoms with Crippen LogP contribution in [0.1, 0.15) is 31.2 Å². The summed E-state index contributed by atoms with van der Waals surface area (Å²) in [5.74, 6) is -2.62. The summed E-state index contributed by atoms with van der Waals surface area (Å²) < 4.78 is 46.2. The van der Waals surface area contributed by atoms with E-state index in [0.29, 0.717) is 63.6 Å². The lowest BCUT2D eigenvalue weighted by atomic mass is 9.74. The van der Waals surface area contributed by atoms with Crippen LogP contribution in [-0.4, -0.2) is 67.6 Å². The van der Waals surface area contributed by atoms with E-state index in [-0.39, 0.29) is 4.90 Å². The van der Waals surface area contributed by atoms with Gasteiger partial charge in [0.05, 0.1) is 29.9 Å². The molecule has 2 aromatic carbocycles. The average molecular weight is 562 g/mol. The molecule has 1 fully saturated rings. The number of fused-ring (bicyclic) bond motifs is 1. The van der Waals surface area contributed by atoms with Crippen molar-refractivity contribution >= 4 is 34.3 Å². The molecule has 39 heavy (non-hydrogen) atoms. The quantitative estimate of drug-likeness (QED) is 0.227. The minimum Gasteiger partial charge on any atom is -0.497 e. The summed E-state index contributed by atoms with van der Waals surface area (Å²) in [6, 6.07) is 7.33. The highest BCUT2D eigenvalue weighted by atomic mass is 32.2. The smallest absolute Gasteiger partial charge is 0.309 e. The van der Waals surface area contributed by atoms with Crippen molar-refractivity contribution in [3.8, 4) is 5.75 Å². The summed E-state index contributed by atoms with van der Waals surface area (Å²) in [5, 5.41) is 11.2. The van der Waals surface area contributed by atoms with E-state index >= 15 is 0 Å². The SMILES string of the molecule is COc1ccc2ncc(N(C)C)c(CCCC3(C(=O)O)CCN(CCSc4cc(F)cc(F)c4F)CC3)c2c1. The molecule has 6 nitrogen and oxygen atoms in total. The molecule has 1 aromatic heterocycles. The normalized spacial score (nSPS) is 15.4. The Bertz CT molecular complexity index is 1330. The topological polar surface area (TPSA) is 65.9 Å². The van der Waals surface area contributed by atoms with E-state index in [1.807, 2.05) is 43.4 Å². The van der Waals surface area contributed by atoms with Crippen LogP contribution in [0.5, 0.6) is 5.75 Å². The number of pyridine rings is 1. The fourth-order valence-electron chi connectivity index (χ4n) is 5.29. The molecule has 0 saturated carbocycles. The third kappa shape index (κ3) is 6.61. The molecule has 1 aliphatic heterocycles. The third-order valence-corrected chi connectivity index (χ3v) is 8.61. The molecule has 2 heterocycles. The second-order valence-corrected chi connectivity index (χ2v) is 11.4. The van der Waals surface area contributed by atoms with E-state index in [9.17, 15) is 23.1 Å². The first-order valence-corrected chi connectivity index (χ1v) is 14.0. The summed E-state index contributed by atoms with van der Waals surface area (Å²) in [4.78, 5) is 21.1. The molecule has 0 spiro atoms. The zero-order chi connectivity index (χ0) is 28.2. The molecule has 10 heteroatoms. The Kier molecular flexibility index (Phi) is 9.27. The van der Waals surface area contributed by atoms with E-state index in [1.165, 1.54) is 0 Å². The van der Waals surface area contributed by atoms with Gasteiger partial charge in [0.15, 0.2) is 11.6 Å². The highest BCUT2D eigenvalue weighted by molar-refractivity contribution is 7.99. The lowest BCUT2D eigenvalue weighted by molar-refractivity contribution is -0.152. The monoisotopic (exact) mass is 561 g/mol. The van der Waals surface area contributed by atoms with Crippen molar-refractivity contribution in [2.45, 2.75) is 37.0 Å². The van der Waals surface area contributed by atoms with Gasteiger partial charge >= 0.3 is 5.97 Å². The maximum absolute atomic E-state index is 13.9. The number of ether oxygens (including phenoxy) is 1. The summed E-state index contributed by atoms with van der Waals surface area (Å²) in [7, 11) is 5.57. The van der Waals surface area contributed by atoms with E-state index in [1.54, 1.807) is 7.11 Å². The number of carboxylic acid groups (broad SMARTS) is 1. The number of nitrogens with zero attached hydrogens (tertiary/aromatic N) is 3. The van der Waals surface area contributed by atoms with Gasteiger partial charge in [0.1, 0.15) is 11.6 Å². The summed E-state index contributed by atoms with van der Waals surface area (Å²) in [6.45, 7) is 1.78. The predicted molar refractivity (Wildman–Crippen MR) is 148 cm³/mol. The number of hydrogen-bond donors (Lipinski definition) is 1. The van der Waals surface area contributed by atoms with Crippen molar-refractivity contribution < 1.29 is 27.8 Å². The summed E-state index contributed by atoms with van der Waals surface area (Å²) >= 11 is 1.06. The van der Waals surface area contributed by atoms with Gasteiger partial charge < -0.3 is 19.6 Å². The predicted octanol–water partition coefficient (Wildman–Crippen LogP) is 6.01. The van der Waals surface area contributed by atoms with E-state index in [0.717, 1.165) is 45.7 Å². The van der Waals surface area contributed by atoms with Crippen molar-refractivity contribution in [1.29, 1.82) is 0 Å². The number of methoxy groups -OCH3 is 1. The van der Waals surface area contributed by atoms with Gasteiger partial charge in [-0.1, -0.05) is 0 Å². The molecule has 0 unspecified atom stereocenters. The molecule has 0 aliphatic carbocycles. The van der Waals surface area contributed by atoms with Crippen LogP contribution in [0.2, 0.25) is 0 Å². The van der Waals surface area contributed by atoms with Crippen molar-refractivity contribution in [3.63, 3.8) is 0 Å². The Labute approximate surface area is 231 Å². The number of aryl methyl sites for hydroxylation is 1.